The van der Waals surface area contributed by atoms with Crippen LogP contribution in [0, 0.1) is 0 Å². The Kier molecular flexibility index (Phi) is 6.41. The van der Waals surface area contributed by atoms with E-state index in [-0.39, 0.29) is 11.6 Å². The third-order valence-corrected chi connectivity index (χ3v) is 4.08. The van der Waals surface area contributed by atoms with Gasteiger partial charge in [-0.05, 0) is 30.3 Å². The first-order chi connectivity index (χ1) is 14.4. The zero-order valence-electron chi connectivity index (χ0n) is 16.3. The molecule has 1 N–H and O–H groups in total. The highest BCUT2D eigenvalue weighted by molar-refractivity contribution is 5.74. The number of benzene rings is 1. The van der Waals surface area contributed by atoms with E-state index in [4.69, 9.17) is 9.47 Å². The van der Waals surface area contributed by atoms with Crippen LogP contribution in [-0.4, -0.2) is 36.8 Å². The highest BCUT2D eigenvalue weighted by Gasteiger charge is 2.35. The zero-order valence-corrected chi connectivity index (χ0v) is 16.3. The third kappa shape index (κ3) is 4.80. The summed E-state index contributed by atoms with van der Waals surface area (Å²) in [5.74, 6) is -2.32. The molecular weight excluding hydrogens is 396 g/mol. The summed E-state index contributed by atoms with van der Waals surface area (Å²) in [7, 11) is 2.84. The van der Waals surface area contributed by atoms with Gasteiger partial charge in [0.05, 0.1) is 13.3 Å². The molecule has 7 nitrogen and oxygen atoms in total. The summed E-state index contributed by atoms with van der Waals surface area (Å²) in [4.78, 5) is 19.0. The fraction of sp³-hybridized carbons (Fsp3) is 0.190. The minimum atomic E-state index is -3.45. The molecule has 156 valence electrons. The van der Waals surface area contributed by atoms with Crippen LogP contribution in [0.15, 0.2) is 60.9 Å². The van der Waals surface area contributed by atoms with Gasteiger partial charge in [-0.15, -0.1) is 0 Å². The van der Waals surface area contributed by atoms with Crippen LogP contribution in [-0.2, 0) is 10.7 Å². The largest absolute Gasteiger partial charge is 0.496 e. The number of carbonyl (C=O) groups is 1. The molecule has 0 bridgehead atoms. The van der Waals surface area contributed by atoms with Gasteiger partial charge in [0.1, 0.15) is 17.2 Å². The number of nitrogens with zero attached hydrogens (tertiary/aromatic N) is 2. The molecule has 0 spiro atoms. The number of alkyl carbamates (subject to hydrolysis) is 1. The Morgan fingerprint density at radius 3 is 2.53 bits per heavy atom. The smallest absolute Gasteiger partial charge is 0.407 e. The molecule has 0 unspecified atom stereocenters. The quantitative estimate of drug-likeness (QED) is 0.616. The summed E-state index contributed by atoms with van der Waals surface area (Å²) >= 11 is 0. The molecule has 2 aromatic heterocycles. The molecule has 3 rings (SSSR count). The average molecular weight is 415 g/mol. The van der Waals surface area contributed by atoms with Crippen molar-refractivity contribution in [2.75, 3.05) is 20.8 Å². The van der Waals surface area contributed by atoms with Crippen molar-refractivity contribution >= 4 is 6.09 Å². The van der Waals surface area contributed by atoms with Gasteiger partial charge >= 0.3 is 12.0 Å². The van der Waals surface area contributed by atoms with Crippen molar-refractivity contribution < 1.29 is 27.8 Å². The van der Waals surface area contributed by atoms with Crippen LogP contribution in [0.25, 0.3) is 11.1 Å². The molecule has 0 saturated heterocycles. The van der Waals surface area contributed by atoms with Gasteiger partial charge in [-0.2, -0.15) is 8.78 Å². The fourth-order valence-corrected chi connectivity index (χ4v) is 2.62. The summed E-state index contributed by atoms with van der Waals surface area (Å²) in [6, 6.07) is 13.4. The maximum absolute atomic E-state index is 14.1. The molecule has 0 aliphatic rings. The minimum absolute atomic E-state index is 0.219. The number of ether oxygens (including phenoxy) is 3. The molecule has 1 aromatic carbocycles. The van der Waals surface area contributed by atoms with E-state index >= 15 is 0 Å². The number of hydrogen-bond donors (Lipinski definition) is 1. The minimum Gasteiger partial charge on any atom is -0.496 e. The van der Waals surface area contributed by atoms with Crippen LogP contribution in [0.3, 0.4) is 0 Å². The molecule has 0 saturated carbocycles. The molecule has 0 aliphatic heterocycles. The summed E-state index contributed by atoms with van der Waals surface area (Å²) in [6.07, 6.45) is 1.76. The number of hydrogen-bond acceptors (Lipinski definition) is 6. The highest BCUT2D eigenvalue weighted by Crippen LogP contribution is 2.37. The Morgan fingerprint density at radius 2 is 1.83 bits per heavy atom. The van der Waals surface area contributed by atoms with E-state index in [1.807, 2.05) is 30.3 Å². The summed E-state index contributed by atoms with van der Waals surface area (Å²) in [5, 5.41) is 2.10. The van der Waals surface area contributed by atoms with E-state index in [1.54, 1.807) is 19.4 Å². The number of amides is 1. The van der Waals surface area contributed by atoms with Gasteiger partial charge < -0.3 is 19.5 Å². The number of para-hydroxylation sites is 1. The second-order valence-corrected chi connectivity index (χ2v) is 6.07. The monoisotopic (exact) mass is 415 g/mol. The standard InChI is InChI=1S/C21H19F2N3O4/c1-24-20(27)29-13-21(22,23)18-10-9-14(12-26-18)30-19-16(7-5-11-25-19)15-6-3-4-8-17(15)28-2/h3-12H,13H2,1-2H3,(H,24,27). The van der Waals surface area contributed by atoms with E-state index in [9.17, 15) is 13.6 Å². The lowest BCUT2D eigenvalue weighted by Crippen LogP contribution is -2.28. The second-order valence-electron chi connectivity index (χ2n) is 6.07. The van der Waals surface area contributed by atoms with Crippen molar-refractivity contribution in [1.82, 2.24) is 15.3 Å². The van der Waals surface area contributed by atoms with E-state index in [1.165, 1.54) is 13.1 Å². The summed E-state index contributed by atoms with van der Waals surface area (Å²) < 4.78 is 43.9. The number of alkyl halides is 2. The van der Waals surface area contributed by atoms with Crippen molar-refractivity contribution in [3.63, 3.8) is 0 Å². The van der Waals surface area contributed by atoms with Crippen LogP contribution in [0.2, 0.25) is 0 Å². The molecule has 2 heterocycles. The SMILES string of the molecule is CNC(=O)OCC(F)(F)c1ccc(Oc2ncccc2-c2ccccc2OC)cn1. The summed E-state index contributed by atoms with van der Waals surface area (Å²) in [6.45, 7) is -1.13. The Hall–Kier alpha value is -3.75. The molecule has 0 aliphatic carbocycles. The van der Waals surface area contributed by atoms with E-state index in [2.05, 4.69) is 20.0 Å². The van der Waals surface area contributed by atoms with Gasteiger partial charge in [-0.3, -0.25) is 4.98 Å². The molecule has 0 radical (unpaired) electrons. The predicted molar refractivity (Wildman–Crippen MR) is 105 cm³/mol. The Morgan fingerprint density at radius 1 is 1.07 bits per heavy atom. The molecular formula is C21H19F2N3O4. The van der Waals surface area contributed by atoms with Gasteiger partial charge in [0.15, 0.2) is 6.61 Å². The Labute approximate surface area is 171 Å². The van der Waals surface area contributed by atoms with Gasteiger partial charge in [-0.1, -0.05) is 18.2 Å². The second kappa shape index (κ2) is 9.17. The maximum atomic E-state index is 14.1. The average Bonchev–Trinajstić information content (AvgIpc) is 2.78. The first-order valence-corrected chi connectivity index (χ1v) is 8.89. The molecule has 30 heavy (non-hydrogen) atoms. The van der Waals surface area contributed by atoms with E-state index in [0.29, 0.717) is 11.3 Å². The van der Waals surface area contributed by atoms with Crippen molar-refractivity contribution in [2.24, 2.45) is 0 Å². The lowest BCUT2D eigenvalue weighted by molar-refractivity contribution is -0.0634. The topological polar surface area (TPSA) is 82.6 Å². The molecule has 3 aromatic rings. The van der Waals surface area contributed by atoms with Gasteiger partial charge in [0, 0.05) is 24.4 Å². The molecule has 1 amide bonds. The fourth-order valence-electron chi connectivity index (χ4n) is 2.62. The van der Waals surface area contributed by atoms with Crippen molar-refractivity contribution in [1.29, 1.82) is 0 Å². The predicted octanol–water partition coefficient (Wildman–Crippen LogP) is 4.39. The molecule has 0 atom stereocenters. The summed E-state index contributed by atoms with van der Waals surface area (Å²) in [5.41, 5.74) is 0.888. The van der Waals surface area contributed by atoms with E-state index in [0.717, 1.165) is 17.8 Å². The highest BCUT2D eigenvalue weighted by atomic mass is 19.3. The number of nitrogens with one attached hydrogen (secondary N) is 1. The number of aromatic nitrogens is 2. The van der Waals surface area contributed by atoms with E-state index < -0.39 is 24.3 Å². The number of methoxy groups -OCH3 is 1. The number of halogens is 2. The number of carbonyl (C=O) groups excluding carboxylic acids is 1. The number of pyridine rings is 2. The van der Waals surface area contributed by atoms with Crippen LogP contribution < -0.4 is 14.8 Å². The number of rotatable bonds is 7. The van der Waals surface area contributed by atoms with Crippen molar-refractivity contribution in [3.05, 3.63) is 66.6 Å². The van der Waals surface area contributed by atoms with Crippen LogP contribution >= 0.6 is 0 Å². The van der Waals surface area contributed by atoms with Crippen LogP contribution in [0.1, 0.15) is 5.69 Å². The Bertz CT molecular complexity index is 1010. The van der Waals surface area contributed by atoms with Gasteiger partial charge in [0.2, 0.25) is 5.88 Å². The Balaban J connectivity index is 1.81. The third-order valence-electron chi connectivity index (χ3n) is 4.08. The first-order valence-electron chi connectivity index (χ1n) is 8.89. The zero-order chi connectivity index (χ0) is 21.6. The normalized spacial score (nSPS) is 10.9. The lowest BCUT2D eigenvalue weighted by Gasteiger charge is -2.16. The van der Waals surface area contributed by atoms with Crippen LogP contribution in [0.5, 0.6) is 17.4 Å². The first kappa shape index (κ1) is 21.0. The molecule has 0 fully saturated rings. The van der Waals surface area contributed by atoms with Crippen LogP contribution in [0.4, 0.5) is 13.6 Å². The lowest BCUT2D eigenvalue weighted by atomic mass is 10.1. The van der Waals surface area contributed by atoms with Gasteiger partial charge in [-0.25, -0.2) is 9.78 Å². The van der Waals surface area contributed by atoms with Gasteiger partial charge in [0.25, 0.3) is 0 Å². The van der Waals surface area contributed by atoms with Crippen molar-refractivity contribution in [3.8, 4) is 28.5 Å². The molecule has 9 heteroatoms. The van der Waals surface area contributed by atoms with Crippen molar-refractivity contribution in [2.45, 2.75) is 5.92 Å². The maximum Gasteiger partial charge on any atom is 0.407 e.